The number of ether oxygens (including phenoxy) is 1. The molecule has 0 bridgehead atoms. The van der Waals surface area contributed by atoms with Crippen molar-refractivity contribution in [3.63, 3.8) is 0 Å². The van der Waals surface area contributed by atoms with Gasteiger partial charge in [0.1, 0.15) is 34.3 Å². The third-order valence-corrected chi connectivity index (χ3v) is 5.48. The summed E-state index contributed by atoms with van der Waals surface area (Å²) in [6.07, 6.45) is 1.63. The summed E-state index contributed by atoms with van der Waals surface area (Å²) in [4.78, 5) is 16.2. The molecule has 4 aromatic rings. The normalized spacial score (nSPS) is 11.1. The van der Waals surface area contributed by atoms with Crippen LogP contribution in [0.5, 0.6) is 5.75 Å². The fourth-order valence-electron chi connectivity index (χ4n) is 3.99. The molecule has 0 aliphatic rings. The number of carboxylic acid groups (broad SMARTS) is 1. The second-order valence-corrected chi connectivity index (χ2v) is 7.22. The zero-order valence-electron chi connectivity index (χ0n) is 19.3. The number of hydrogen-bond acceptors (Lipinski definition) is 4. The third kappa shape index (κ3) is 4.01. The van der Waals surface area contributed by atoms with Crippen LogP contribution in [0.1, 0.15) is 53.6 Å². The van der Waals surface area contributed by atoms with Gasteiger partial charge in [0, 0.05) is 29.1 Å². The maximum atomic E-state index is 15.0. The van der Waals surface area contributed by atoms with Gasteiger partial charge in [-0.15, -0.1) is 0 Å². The molecule has 2 N–H and O–H groups in total. The standard InChI is InChI=1S/C24H20F2N2O4.C2H6/c1-3-19-22(27-21-12-20(32-2)14(23(29)30)13-28(19)21)24(31,15-8-4-6-10-17(15)25)16-9-5-7-11-18(16)26;1-2/h4-13,31H,3H2,1-2H3,(H,29,30);1-2H3. The highest BCUT2D eigenvalue weighted by molar-refractivity contribution is 5.91. The average molecular weight is 469 g/mol. The van der Waals surface area contributed by atoms with Gasteiger partial charge >= 0.3 is 5.97 Å². The zero-order valence-corrected chi connectivity index (χ0v) is 19.3. The number of carboxylic acids is 1. The van der Waals surface area contributed by atoms with E-state index in [4.69, 9.17) is 4.74 Å². The van der Waals surface area contributed by atoms with Gasteiger partial charge in [0.15, 0.2) is 5.60 Å². The van der Waals surface area contributed by atoms with Crippen LogP contribution in [0.25, 0.3) is 5.65 Å². The summed E-state index contributed by atoms with van der Waals surface area (Å²) >= 11 is 0. The van der Waals surface area contributed by atoms with E-state index in [-0.39, 0.29) is 33.8 Å². The largest absolute Gasteiger partial charge is 0.496 e. The number of aromatic carboxylic acids is 1. The monoisotopic (exact) mass is 468 g/mol. The van der Waals surface area contributed by atoms with Crippen LogP contribution in [-0.4, -0.2) is 32.7 Å². The van der Waals surface area contributed by atoms with Gasteiger partial charge in [0.05, 0.1) is 7.11 Å². The van der Waals surface area contributed by atoms with Crippen molar-refractivity contribution in [2.75, 3.05) is 7.11 Å². The number of halogens is 2. The van der Waals surface area contributed by atoms with E-state index >= 15 is 0 Å². The molecule has 6 nitrogen and oxygen atoms in total. The van der Waals surface area contributed by atoms with Gasteiger partial charge in [-0.2, -0.15) is 0 Å². The SMILES string of the molecule is CC.CCc1c(C(O)(c2ccccc2F)c2ccccc2F)nc2cc(OC)c(C(=O)O)cn12. The molecule has 0 atom stereocenters. The summed E-state index contributed by atoms with van der Waals surface area (Å²) in [5, 5.41) is 21.6. The number of hydrogen-bond donors (Lipinski definition) is 2. The zero-order chi connectivity index (χ0) is 25.0. The van der Waals surface area contributed by atoms with E-state index in [0.717, 1.165) is 0 Å². The number of aliphatic hydroxyl groups is 1. The van der Waals surface area contributed by atoms with Crippen LogP contribution in [0.15, 0.2) is 60.8 Å². The summed E-state index contributed by atoms with van der Waals surface area (Å²) in [5.74, 6) is -2.61. The fraction of sp³-hybridized carbons (Fsp3) is 0.231. The molecule has 178 valence electrons. The Morgan fingerprint density at radius 1 is 1.06 bits per heavy atom. The minimum Gasteiger partial charge on any atom is -0.496 e. The minimum atomic E-state index is -2.27. The van der Waals surface area contributed by atoms with E-state index in [0.29, 0.717) is 12.1 Å². The van der Waals surface area contributed by atoms with Gasteiger partial charge in [-0.3, -0.25) is 0 Å². The molecule has 2 aromatic heterocycles. The Kier molecular flexibility index (Phi) is 7.32. The number of benzene rings is 2. The van der Waals surface area contributed by atoms with E-state index in [1.807, 2.05) is 13.8 Å². The summed E-state index contributed by atoms with van der Waals surface area (Å²) in [7, 11) is 1.33. The molecular weight excluding hydrogens is 442 g/mol. The van der Waals surface area contributed by atoms with Crippen molar-refractivity contribution in [3.8, 4) is 5.75 Å². The number of pyridine rings is 1. The first-order valence-electron chi connectivity index (χ1n) is 10.9. The van der Waals surface area contributed by atoms with Crippen molar-refractivity contribution in [2.45, 2.75) is 32.8 Å². The third-order valence-electron chi connectivity index (χ3n) is 5.48. The Balaban J connectivity index is 0.00000158. The summed E-state index contributed by atoms with van der Waals surface area (Å²) in [5.41, 5.74) is -2.06. The maximum Gasteiger partial charge on any atom is 0.341 e. The highest BCUT2D eigenvalue weighted by atomic mass is 19.1. The number of aromatic nitrogens is 2. The van der Waals surface area contributed by atoms with E-state index in [2.05, 4.69) is 4.98 Å². The van der Waals surface area contributed by atoms with E-state index in [1.165, 1.54) is 72.3 Å². The Morgan fingerprint density at radius 2 is 1.59 bits per heavy atom. The molecule has 0 amide bonds. The van der Waals surface area contributed by atoms with Crippen molar-refractivity contribution < 1.29 is 28.5 Å². The lowest BCUT2D eigenvalue weighted by molar-refractivity contribution is 0.0692. The van der Waals surface area contributed by atoms with Crippen LogP contribution in [0, 0.1) is 11.6 Å². The molecule has 0 aliphatic heterocycles. The molecule has 34 heavy (non-hydrogen) atoms. The van der Waals surface area contributed by atoms with Gasteiger partial charge in [0.2, 0.25) is 0 Å². The number of rotatable bonds is 6. The smallest absolute Gasteiger partial charge is 0.341 e. The fourth-order valence-corrected chi connectivity index (χ4v) is 3.99. The van der Waals surface area contributed by atoms with E-state index in [1.54, 1.807) is 6.92 Å². The first-order valence-corrected chi connectivity index (χ1v) is 10.9. The van der Waals surface area contributed by atoms with Crippen LogP contribution in [-0.2, 0) is 12.0 Å². The maximum absolute atomic E-state index is 15.0. The van der Waals surface area contributed by atoms with Crippen LogP contribution in [0.4, 0.5) is 8.78 Å². The Labute approximate surface area is 196 Å². The molecule has 0 fully saturated rings. The van der Waals surface area contributed by atoms with Gasteiger partial charge in [-0.05, 0) is 18.6 Å². The van der Waals surface area contributed by atoms with Gasteiger partial charge in [0.25, 0.3) is 0 Å². The summed E-state index contributed by atoms with van der Waals surface area (Å²) < 4.78 is 36.6. The van der Waals surface area contributed by atoms with Crippen molar-refractivity contribution in [3.05, 3.63) is 101 Å². The number of methoxy groups -OCH3 is 1. The molecule has 2 heterocycles. The first kappa shape index (κ1) is 24.9. The number of fused-ring (bicyclic) bond motifs is 1. The topological polar surface area (TPSA) is 84.1 Å². The lowest BCUT2D eigenvalue weighted by Gasteiger charge is -2.29. The van der Waals surface area contributed by atoms with Crippen molar-refractivity contribution >= 4 is 11.6 Å². The number of nitrogens with zero attached hydrogens (tertiary/aromatic N) is 2. The number of aryl methyl sites for hydroxylation is 1. The van der Waals surface area contributed by atoms with Crippen LogP contribution >= 0.6 is 0 Å². The Hall–Kier alpha value is -3.78. The quantitative estimate of drug-likeness (QED) is 0.407. The number of imidazole rings is 1. The van der Waals surface area contributed by atoms with E-state index < -0.39 is 23.2 Å². The van der Waals surface area contributed by atoms with Crippen molar-refractivity contribution in [1.82, 2.24) is 9.38 Å². The molecule has 0 radical (unpaired) electrons. The first-order chi connectivity index (χ1) is 16.3. The molecule has 8 heteroatoms. The lowest BCUT2D eigenvalue weighted by atomic mass is 9.81. The van der Waals surface area contributed by atoms with Crippen molar-refractivity contribution in [1.29, 1.82) is 0 Å². The minimum absolute atomic E-state index is 0.000193. The van der Waals surface area contributed by atoms with E-state index in [9.17, 15) is 23.8 Å². The Bertz CT molecular complexity index is 1290. The van der Waals surface area contributed by atoms with Gasteiger partial charge < -0.3 is 19.4 Å². The van der Waals surface area contributed by atoms with Crippen LogP contribution in [0.3, 0.4) is 0 Å². The predicted molar refractivity (Wildman–Crippen MR) is 124 cm³/mol. The summed E-state index contributed by atoms with van der Waals surface area (Å²) in [6.45, 7) is 5.78. The van der Waals surface area contributed by atoms with Gasteiger partial charge in [-0.25, -0.2) is 18.6 Å². The molecule has 0 unspecified atom stereocenters. The molecule has 2 aromatic carbocycles. The van der Waals surface area contributed by atoms with Crippen LogP contribution in [0.2, 0.25) is 0 Å². The Morgan fingerprint density at radius 3 is 2.03 bits per heavy atom. The second kappa shape index (κ2) is 10.0. The molecular formula is C26H26F2N2O4. The molecule has 0 saturated carbocycles. The summed E-state index contributed by atoms with van der Waals surface area (Å²) in [6, 6.07) is 12.5. The predicted octanol–water partition coefficient (Wildman–Crippen LogP) is 5.19. The highest BCUT2D eigenvalue weighted by Gasteiger charge is 2.42. The molecule has 4 rings (SSSR count). The lowest BCUT2D eigenvalue weighted by Crippen LogP contribution is -2.33. The highest BCUT2D eigenvalue weighted by Crippen LogP contribution is 2.41. The average Bonchev–Trinajstić information content (AvgIpc) is 3.22. The molecule has 0 saturated heterocycles. The van der Waals surface area contributed by atoms with Gasteiger partial charge in [-0.1, -0.05) is 57.2 Å². The molecule has 0 aliphatic carbocycles. The number of carbonyl (C=O) groups is 1. The second-order valence-electron chi connectivity index (χ2n) is 7.22. The van der Waals surface area contributed by atoms with Crippen LogP contribution < -0.4 is 4.74 Å². The molecule has 0 spiro atoms. The van der Waals surface area contributed by atoms with Crippen molar-refractivity contribution in [2.24, 2.45) is 0 Å².